The van der Waals surface area contributed by atoms with Crippen LogP contribution in [0.5, 0.6) is 0 Å². The first-order chi connectivity index (χ1) is 7.29. The molecule has 92 valence electrons. The van der Waals surface area contributed by atoms with Gasteiger partial charge in [-0.3, -0.25) is 0 Å². The lowest BCUT2D eigenvalue weighted by atomic mass is 10.1. The lowest BCUT2D eigenvalue weighted by Gasteiger charge is -2.25. The van der Waals surface area contributed by atoms with E-state index in [1.807, 2.05) is 5.38 Å². The Hall–Kier alpha value is -0.500. The molecule has 1 atom stereocenters. The van der Waals surface area contributed by atoms with Crippen LogP contribution < -0.4 is 10.5 Å². The number of hydrogen-bond acceptors (Lipinski definition) is 5. The molecule has 0 saturated heterocycles. The molecule has 0 radical (unpaired) electrons. The van der Waals surface area contributed by atoms with Gasteiger partial charge in [0.1, 0.15) is 5.01 Å². The summed E-state index contributed by atoms with van der Waals surface area (Å²) in [4.78, 5) is 4.12. The molecule has 0 bridgehead atoms. The van der Waals surface area contributed by atoms with E-state index in [1.54, 1.807) is 27.0 Å². The van der Waals surface area contributed by atoms with Crippen molar-refractivity contribution in [2.24, 2.45) is 5.73 Å². The monoisotopic (exact) mass is 263 g/mol. The molecule has 1 rings (SSSR count). The molecule has 0 spiro atoms. The van der Waals surface area contributed by atoms with Gasteiger partial charge < -0.3 is 5.73 Å². The average Bonchev–Trinajstić information content (AvgIpc) is 2.68. The van der Waals surface area contributed by atoms with E-state index in [-0.39, 0.29) is 6.54 Å². The van der Waals surface area contributed by atoms with Crippen LogP contribution in [0.2, 0.25) is 0 Å². The maximum Gasteiger partial charge on any atom is 0.216 e. The van der Waals surface area contributed by atoms with Crippen molar-refractivity contribution in [2.45, 2.75) is 31.6 Å². The Balaban J connectivity index is 2.89. The molecule has 0 aliphatic rings. The first-order valence-electron chi connectivity index (χ1n) is 4.92. The summed E-state index contributed by atoms with van der Waals surface area (Å²) in [5.74, 6) is 0. The molecular weight excluding hydrogens is 246 g/mol. The van der Waals surface area contributed by atoms with Gasteiger partial charge in [0.05, 0.1) is 10.8 Å². The van der Waals surface area contributed by atoms with Crippen LogP contribution >= 0.6 is 11.3 Å². The third kappa shape index (κ3) is 3.00. The number of nitrogens with two attached hydrogens (primary N) is 1. The molecule has 0 amide bonds. The molecule has 7 heteroatoms. The molecule has 0 fully saturated rings. The fourth-order valence-corrected chi connectivity index (χ4v) is 3.20. The van der Waals surface area contributed by atoms with Crippen molar-refractivity contribution >= 4 is 21.4 Å². The largest absolute Gasteiger partial charge is 0.329 e. The lowest BCUT2D eigenvalue weighted by molar-refractivity contribution is 0.465. The Morgan fingerprint density at radius 2 is 2.25 bits per heavy atom. The van der Waals surface area contributed by atoms with Crippen LogP contribution in [0.15, 0.2) is 11.6 Å². The highest BCUT2D eigenvalue weighted by Gasteiger charge is 2.31. The molecule has 5 nitrogen and oxygen atoms in total. The summed E-state index contributed by atoms with van der Waals surface area (Å²) in [7, 11) is -3.40. The van der Waals surface area contributed by atoms with Crippen molar-refractivity contribution in [1.29, 1.82) is 0 Å². The quantitative estimate of drug-likeness (QED) is 0.816. The minimum Gasteiger partial charge on any atom is -0.329 e. The second-order valence-electron chi connectivity index (χ2n) is 4.16. The summed E-state index contributed by atoms with van der Waals surface area (Å²) in [6.07, 6.45) is 1.66. The van der Waals surface area contributed by atoms with Crippen molar-refractivity contribution in [1.82, 2.24) is 9.71 Å². The summed E-state index contributed by atoms with van der Waals surface area (Å²) in [6, 6.07) is 0. The minimum atomic E-state index is -3.40. The van der Waals surface area contributed by atoms with Crippen molar-refractivity contribution in [3.05, 3.63) is 16.6 Å². The van der Waals surface area contributed by atoms with Gasteiger partial charge in [-0.2, -0.15) is 0 Å². The lowest BCUT2D eigenvalue weighted by Crippen LogP contribution is -2.46. The number of rotatable bonds is 5. The zero-order chi connectivity index (χ0) is 12.4. The maximum atomic E-state index is 11.9. The highest BCUT2D eigenvalue weighted by atomic mass is 32.2. The smallest absolute Gasteiger partial charge is 0.216 e. The Bertz CT molecular complexity index is 426. The van der Waals surface area contributed by atoms with E-state index < -0.39 is 20.8 Å². The third-order valence-corrected chi connectivity index (χ3v) is 5.37. The van der Waals surface area contributed by atoms with E-state index in [9.17, 15) is 8.42 Å². The van der Waals surface area contributed by atoms with Crippen LogP contribution in [0.4, 0.5) is 0 Å². The SMILES string of the molecule is CC(CN)S(=O)(=O)NC(C)(C)c1nccs1. The number of sulfonamides is 1. The molecule has 0 aromatic carbocycles. The Morgan fingerprint density at radius 3 is 2.69 bits per heavy atom. The molecule has 3 N–H and O–H groups in total. The van der Waals surface area contributed by atoms with Gasteiger partial charge in [-0.15, -0.1) is 11.3 Å². The second-order valence-corrected chi connectivity index (χ2v) is 7.15. The van der Waals surface area contributed by atoms with E-state index in [0.29, 0.717) is 0 Å². The minimum absolute atomic E-state index is 0.100. The van der Waals surface area contributed by atoms with E-state index in [0.717, 1.165) is 5.01 Å². The molecule has 0 saturated carbocycles. The second kappa shape index (κ2) is 4.79. The summed E-state index contributed by atoms with van der Waals surface area (Å²) in [5, 5.41) is 1.95. The predicted octanol–water partition coefficient (Wildman–Crippen LogP) is 0.645. The summed E-state index contributed by atoms with van der Waals surface area (Å²) >= 11 is 1.42. The van der Waals surface area contributed by atoms with Gasteiger partial charge in [0.15, 0.2) is 0 Å². The van der Waals surface area contributed by atoms with Crippen LogP contribution in [0, 0.1) is 0 Å². The number of hydrogen-bond donors (Lipinski definition) is 2. The van der Waals surface area contributed by atoms with Gasteiger partial charge in [-0.05, 0) is 20.8 Å². The van der Waals surface area contributed by atoms with E-state index in [1.165, 1.54) is 11.3 Å². The van der Waals surface area contributed by atoms with E-state index in [2.05, 4.69) is 9.71 Å². The Kier molecular flexibility index (Phi) is 4.06. The van der Waals surface area contributed by atoms with Gasteiger partial charge in [-0.1, -0.05) is 0 Å². The molecule has 1 aromatic rings. The Morgan fingerprint density at radius 1 is 1.62 bits per heavy atom. The average molecular weight is 263 g/mol. The number of nitrogens with zero attached hydrogens (tertiary/aromatic N) is 1. The molecular formula is C9H17N3O2S2. The molecule has 16 heavy (non-hydrogen) atoms. The van der Waals surface area contributed by atoms with Crippen molar-refractivity contribution in [3.8, 4) is 0 Å². The number of aromatic nitrogens is 1. The van der Waals surface area contributed by atoms with Gasteiger partial charge >= 0.3 is 0 Å². The van der Waals surface area contributed by atoms with E-state index >= 15 is 0 Å². The molecule has 1 unspecified atom stereocenters. The topological polar surface area (TPSA) is 85.1 Å². The predicted molar refractivity (Wildman–Crippen MR) is 65.7 cm³/mol. The third-order valence-electron chi connectivity index (χ3n) is 2.23. The highest BCUT2D eigenvalue weighted by molar-refractivity contribution is 7.90. The first kappa shape index (κ1) is 13.6. The first-order valence-corrected chi connectivity index (χ1v) is 7.35. The number of thiazole rings is 1. The summed E-state index contributed by atoms with van der Waals surface area (Å²) in [6.45, 7) is 5.25. The maximum absolute atomic E-state index is 11.9. The Labute approximate surface area is 100 Å². The standard InChI is InChI=1S/C9H17N3O2S2/c1-7(6-10)16(13,14)12-9(2,3)8-11-4-5-15-8/h4-5,7,12H,6,10H2,1-3H3. The van der Waals surface area contributed by atoms with Crippen LogP contribution in [-0.4, -0.2) is 25.2 Å². The fraction of sp³-hybridized carbons (Fsp3) is 0.667. The van der Waals surface area contributed by atoms with Crippen LogP contribution in [-0.2, 0) is 15.6 Å². The fourth-order valence-electron chi connectivity index (χ4n) is 1.16. The normalized spacial score (nSPS) is 15.0. The molecule has 0 aliphatic heterocycles. The van der Waals surface area contributed by atoms with Gasteiger partial charge in [0.2, 0.25) is 10.0 Å². The molecule has 1 heterocycles. The molecule has 1 aromatic heterocycles. The van der Waals surface area contributed by atoms with Crippen LogP contribution in [0.1, 0.15) is 25.8 Å². The molecule has 0 aliphatic carbocycles. The van der Waals surface area contributed by atoms with Crippen LogP contribution in [0.3, 0.4) is 0 Å². The van der Waals surface area contributed by atoms with Crippen molar-refractivity contribution in [3.63, 3.8) is 0 Å². The highest BCUT2D eigenvalue weighted by Crippen LogP contribution is 2.23. The van der Waals surface area contributed by atoms with Gasteiger partial charge in [-0.25, -0.2) is 18.1 Å². The zero-order valence-corrected chi connectivity index (χ0v) is 11.2. The summed E-state index contributed by atoms with van der Waals surface area (Å²) < 4.78 is 26.3. The van der Waals surface area contributed by atoms with E-state index in [4.69, 9.17) is 5.73 Å². The van der Waals surface area contributed by atoms with Gasteiger partial charge in [0.25, 0.3) is 0 Å². The number of nitrogens with one attached hydrogen (secondary N) is 1. The zero-order valence-electron chi connectivity index (χ0n) is 9.60. The van der Waals surface area contributed by atoms with Gasteiger partial charge in [0, 0.05) is 18.1 Å². The summed E-state index contributed by atoms with van der Waals surface area (Å²) in [5.41, 5.74) is 4.67. The van der Waals surface area contributed by atoms with Crippen LogP contribution in [0.25, 0.3) is 0 Å². The van der Waals surface area contributed by atoms with Crippen molar-refractivity contribution < 1.29 is 8.42 Å². The van der Waals surface area contributed by atoms with Crippen molar-refractivity contribution in [2.75, 3.05) is 6.54 Å².